The van der Waals surface area contributed by atoms with Gasteiger partial charge >= 0.3 is 0 Å². The minimum atomic E-state index is 0.527. The molecule has 1 aromatic heterocycles. The van der Waals surface area contributed by atoms with Gasteiger partial charge in [0.2, 0.25) is 0 Å². The highest BCUT2D eigenvalue weighted by Crippen LogP contribution is 2.36. The van der Waals surface area contributed by atoms with Gasteiger partial charge in [-0.15, -0.1) is 5.10 Å². The normalized spacial score (nSPS) is 27.9. The summed E-state index contributed by atoms with van der Waals surface area (Å²) in [5.74, 6) is 1.62. The van der Waals surface area contributed by atoms with E-state index in [0.717, 1.165) is 18.9 Å². The summed E-state index contributed by atoms with van der Waals surface area (Å²) in [5.41, 5.74) is 0. The van der Waals surface area contributed by atoms with E-state index < -0.39 is 0 Å². The van der Waals surface area contributed by atoms with Crippen LogP contribution < -0.4 is 5.32 Å². The molecule has 0 spiro atoms. The van der Waals surface area contributed by atoms with Gasteiger partial charge in [0.05, 0.1) is 6.04 Å². The van der Waals surface area contributed by atoms with Crippen LogP contribution in [0.25, 0.3) is 0 Å². The molecule has 1 aromatic rings. The Labute approximate surface area is 82.9 Å². The van der Waals surface area contributed by atoms with Crippen LogP contribution >= 0.6 is 0 Å². The van der Waals surface area contributed by atoms with Crippen LogP contribution in [0, 0.1) is 0 Å². The first kappa shape index (κ1) is 8.35. The van der Waals surface area contributed by atoms with Crippen molar-refractivity contribution in [2.45, 2.75) is 37.6 Å². The van der Waals surface area contributed by atoms with Crippen molar-refractivity contribution in [3.8, 4) is 0 Å². The van der Waals surface area contributed by atoms with E-state index in [2.05, 4.69) is 20.8 Å². The third kappa shape index (κ3) is 1.41. The fraction of sp³-hybridized carbons (Fsp3) is 0.889. The van der Waals surface area contributed by atoms with Gasteiger partial charge in [-0.05, 0) is 42.7 Å². The number of piperidine rings is 1. The van der Waals surface area contributed by atoms with Crippen LogP contribution in [0.3, 0.4) is 0 Å². The van der Waals surface area contributed by atoms with Crippen molar-refractivity contribution in [2.24, 2.45) is 0 Å². The van der Waals surface area contributed by atoms with Gasteiger partial charge in [-0.1, -0.05) is 0 Å². The summed E-state index contributed by atoms with van der Waals surface area (Å²) in [6.07, 6.45) is 4.96. The molecule has 1 saturated carbocycles. The molecule has 0 radical (unpaired) electrons. The molecule has 1 saturated heterocycles. The zero-order valence-corrected chi connectivity index (χ0v) is 8.19. The van der Waals surface area contributed by atoms with Gasteiger partial charge in [0.25, 0.3) is 0 Å². The van der Waals surface area contributed by atoms with Crippen LogP contribution in [0.4, 0.5) is 0 Å². The second-order valence-corrected chi connectivity index (χ2v) is 4.26. The second-order valence-electron chi connectivity index (χ2n) is 4.26. The van der Waals surface area contributed by atoms with Crippen LogP contribution in [0.1, 0.15) is 43.5 Å². The molecule has 0 amide bonds. The number of hydrogen-bond donors (Lipinski definition) is 1. The summed E-state index contributed by atoms with van der Waals surface area (Å²) in [6, 6.07) is 0.599. The van der Waals surface area contributed by atoms with Gasteiger partial charge in [0, 0.05) is 12.5 Å². The molecule has 0 bridgehead atoms. The Morgan fingerprint density at radius 3 is 2.93 bits per heavy atom. The molecule has 1 unspecified atom stereocenters. The second kappa shape index (κ2) is 3.31. The molecule has 3 rings (SSSR count). The lowest BCUT2D eigenvalue weighted by Gasteiger charge is -2.21. The maximum Gasteiger partial charge on any atom is 0.155 e. The molecule has 1 aliphatic carbocycles. The predicted octanol–water partition coefficient (Wildman–Crippen LogP) is 0.475. The molecule has 5 heteroatoms. The van der Waals surface area contributed by atoms with Crippen molar-refractivity contribution in [3.63, 3.8) is 0 Å². The van der Waals surface area contributed by atoms with Crippen LogP contribution in [-0.2, 0) is 0 Å². The van der Waals surface area contributed by atoms with E-state index >= 15 is 0 Å². The summed E-state index contributed by atoms with van der Waals surface area (Å²) in [4.78, 5) is 0. The third-order valence-corrected chi connectivity index (χ3v) is 3.07. The van der Waals surface area contributed by atoms with Crippen molar-refractivity contribution in [1.82, 2.24) is 25.5 Å². The number of rotatable bonds is 2. The van der Waals surface area contributed by atoms with Crippen LogP contribution in [0.15, 0.2) is 0 Å². The standard InChI is InChI=1S/C9H15N5/c1-2-7(6-10-5-1)9-11-12-13-14(9)8-3-4-8/h7-8,10H,1-6H2. The molecule has 5 nitrogen and oxygen atoms in total. The fourth-order valence-electron chi connectivity index (χ4n) is 2.12. The summed E-state index contributed by atoms with van der Waals surface area (Å²) in [6.45, 7) is 2.18. The Balaban J connectivity index is 1.82. The quantitative estimate of drug-likeness (QED) is 0.742. The largest absolute Gasteiger partial charge is 0.316 e. The van der Waals surface area contributed by atoms with E-state index in [9.17, 15) is 0 Å². The zero-order valence-electron chi connectivity index (χ0n) is 8.19. The zero-order chi connectivity index (χ0) is 9.38. The summed E-state index contributed by atoms with van der Waals surface area (Å²) in [5, 5.41) is 15.4. The molecule has 0 aromatic carbocycles. The van der Waals surface area contributed by atoms with E-state index in [-0.39, 0.29) is 0 Å². The van der Waals surface area contributed by atoms with Gasteiger partial charge in [-0.2, -0.15) is 0 Å². The molecule has 2 fully saturated rings. The van der Waals surface area contributed by atoms with E-state index in [0.29, 0.717) is 12.0 Å². The van der Waals surface area contributed by atoms with Crippen molar-refractivity contribution >= 4 is 0 Å². The SMILES string of the molecule is C1CNCC(c2nnnn2C2CC2)C1. The minimum Gasteiger partial charge on any atom is -0.316 e. The summed E-state index contributed by atoms with van der Waals surface area (Å²) < 4.78 is 2.04. The molecule has 14 heavy (non-hydrogen) atoms. The average Bonchev–Trinajstić information content (AvgIpc) is 2.98. The van der Waals surface area contributed by atoms with Crippen LogP contribution in [0.2, 0.25) is 0 Å². The van der Waals surface area contributed by atoms with E-state index in [4.69, 9.17) is 0 Å². The predicted molar refractivity (Wildman–Crippen MR) is 50.9 cm³/mol. The van der Waals surface area contributed by atoms with Gasteiger partial charge in [-0.25, -0.2) is 4.68 Å². The van der Waals surface area contributed by atoms with Gasteiger partial charge in [-0.3, -0.25) is 0 Å². The van der Waals surface area contributed by atoms with Gasteiger partial charge in [0.1, 0.15) is 0 Å². The lowest BCUT2D eigenvalue weighted by molar-refractivity contribution is 0.424. The average molecular weight is 193 g/mol. The first-order valence-electron chi connectivity index (χ1n) is 5.43. The van der Waals surface area contributed by atoms with Crippen molar-refractivity contribution < 1.29 is 0 Å². The Bertz CT molecular complexity index is 311. The maximum absolute atomic E-state index is 4.16. The Kier molecular flexibility index (Phi) is 1.97. The van der Waals surface area contributed by atoms with Crippen molar-refractivity contribution in [3.05, 3.63) is 5.82 Å². The smallest absolute Gasteiger partial charge is 0.155 e. The molecular weight excluding hydrogens is 178 g/mol. The molecule has 1 aliphatic heterocycles. The van der Waals surface area contributed by atoms with Crippen molar-refractivity contribution in [2.75, 3.05) is 13.1 Å². The first-order valence-corrected chi connectivity index (χ1v) is 5.43. The molecule has 1 N–H and O–H groups in total. The van der Waals surface area contributed by atoms with Crippen molar-refractivity contribution in [1.29, 1.82) is 0 Å². The van der Waals surface area contributed by atoms with Gasteiger partial charge < -0.3 is 5.32 Å². The van der Waals surface area contributed by atoms with E-state index in [1.807, 2.05) is 4.68 Å². The lowest BCUT2D eigenvalue weighted by atomic mass is 9.99. The topological polar surface area (TPSA) is 55.6 Å². The minimum absolute atomic E-state index is 0.527. The molecule has 1 atom stereocenters. The third-order valence-electron chi connectivity index (χ3n) is 3.07. The molecule has 2 aliphatic rings. The highest BCUT2D eigenvalue weighted by molar-refractivity contribution is 5.00. The Hall–Kier alpha value is -0.970. The molecule has 2 heterocycles. The highest BCUT2D eigenvalue weighted by atomic mass is 15.6. The Morgan fingerprint density at radius 2 is 2.21 bits per heavy atom. The maximum atomic E-state index is 4.16. The Morgan fingerprint density at radius 1 is 1.29 bits per heavy atom. The van der Waals surface area contributed by atoms with E-state index in [1.165, 1.54) is 25.7 Å². The summed E-state index contributed by atoms with van der Waals surface area (Å²) >= 11 is 0. The number of nitrogens with one attached hydrogen (secondary N) is 1. The molecular formula is C9H15N5. The number of nitrogens with zero attached hydrogens (tertiary/aromatic N) is 4. The van der Waals surface area contributed by atoms with Crippen LogP contribution in [0.5, 0.6) is 0 Å². The van der Waals surface area contributed by atoms with E-state index in [1.54, 1.807) is 0 Å². The lowest BCUT2D eigenvalue weighted by Crippen LogP contribution is -2.30. The fourth-order valence-corrected chi connectivity index (χ4v) is 2.12. The first-order chi connectivity index (χ1) is 6.95. The number of tetrazole rings is 1. The monoisotopic (exact) mass is 193 g/mol. The van der Waals surface area contributed by atoms with Gasteiger partial charge in [0.15, 0.2) is 5.82 Å². The number of aromatic nitrogens is 4. The number of hydrogen-bond acceptors (Lipinski definition) is 4. The summed E-state index contributed by atoms with van der Waals surface area (Å²) in [7, 11) is 0. The van der Waals surface area contributed by atoms with Crippen LogP contribution in [-0.4, -0.2) is 33.3 Å². The highest BCUT2D eigenvalue weighted by Gasteiger charge is 2.31. The molecule has 76 valence electrons.